The predicted molar refractivity (Wildman–Crippen MR) is 84.6 cm³/mol. The van der Waals surface area contributed by atoms with Crippen molar-refractivity contribution in [2.45, 2.75) is 44.1 Å². The van der Waals surface area contributed by atoms with E-state index in [2.05, 4.69) is 0 Å². The van der Waals surface area contributed by atoms with Gasteiger partial charge in [0.15, 0.2) is 0 Å². The maximum Gasteiger partial charge on any atom is 0.222 e. The van der Waals surface area contributed by atoms with Crippen molar-refractivity contribution in [1.29, 1.82) is 0 Å². The predicted octanol–water partition coefficient (Wildman–Crippen LogP) is 2.75. The van der Waals surface area contributed by atoms with Crippen LogP contribution >= 0.6 is 0 Å². The average Bonchev–Trinajstić information content (AvgIpc) is 3.17. The minimum Gasteiger partial charge on any atom is -0.491 e. The van der Waals surface area contributed by atoms with Gasteiger partial charge in [0.25, 0.3) is 0 Å². The normalized spacial score (nSPS) is 25.0. The maximum absolute atomic E-state index is 12.9. The van der Waals surface area contributed by atoms with Crippen molar-refractivity contribution in [1.82, 2.24) is 4.90 Å². The van der Waals surface area contributed by atoms with Gasteiger partial charge >= 0.3 is 0 Å². The molecule has 1 aliphatic heterocycles. The highest BCUT2D eigenvalue weighted by molar-refractivity contribution is 5.77. The summed E-state index contributed by atoms with van der Waals surface area (Å²) in [6.45, 7) is 1.01. The number of likely N-dealkylation sites (tertiary alicyclic amines) is 1. The molecule has 0 bridgehead atoms. The molecule has 1 N–H and O–H groups in total. The van der Waals surface area contributed by atoms with Crippen LogP contribution in [-0.4, -0.2) is 41.2 Å². The van der Waals surface area contributed by atoms with Gasteiger partial charge in [0, 0.05) is 13.0 Å². The molecular weight excluding hydrogens is 297 g/mol. The zero-order valence-electron chi connectivity index (χ0n) is 13.3. The van der Waals surface area contributed by atoms with Gasteiger partial charge in [-0.05, 0) is 49.4 Å². The van der Waals surface area contributed by atoms with E-state index in [-0.39, 0.29) is 18.3 Å². The first-order valence-electron chi connectivity index (χ1n) is 8.43. The zero-order valence-corrected chi connectivity index (χ0v) is 13.3. The summed E-state index contributed by atoms with van der Waals surface area (Å²) in [7, 11) is 0. The van der Waals surface area contributed by atoms with Crippen LogP contribution in [0.3, 0.4) is 0 Å². The van der Waals surface area contributed by atoms with Crippen LogP contribution in [0.25, 0.3) is 0 Å². The number of hydrogen-bond acceptors (Lipinski definition) is 3. The lowest BCUT2D eigenvalue weighted by atomic mass is 10.0. The number of ether oxygens (including phenoxy) is 1. The summed E-state index contributed by atoms with van der Waals surface area (Å²) in [6.07, 6.45) is 5.88. The standard InChI is InChI=1S/C18H24FNO3/c19-15-5-7-16(8-6-15)23-13-18(22)9-10-20(12-18)17(21)11-14-3-1-2-4-14/h5-8,14,22H,1-4,9-13H2. The third kappa shape index (κ3) is 4.22. The molecule has 4 nitrogen and oxygen atoms in total. The number of carbonyl (C=O) groups excluding carboxylic acids is 1. The fraction of sp³-hybridized carbons (Fsp3) is 0.611. The van der Waals surface area contributed by atoms with Crippen molar-refractivity contribution in [3.63, 3.8) is 0 Å². The molecule has 23 heavy (non-hydrogen) atoms. The Morgan fingerprint density at radius 3 is 2.70 bits per heavy atom. The highest BCUT2D eigenvalue weighted by atomic mass is 19.1. The third-order valence-corrected chi connectivity index (χ3v) is 4.94. The number of halogens is 1. The van der Waals surface area contributed by atoms with E-state index >= 15 is 0 Å². The number of aliphatic hydroxyl groups is 1. The van der Waals surface area contributed by atoms with Crippen LogP contribution in [0.5, 0.6) is 5.75 Å². The lowest BCUT2D eigenvalue weighted by Crippen LogP contribution is -2.41. The van der Waals surface area contributed by atoms with Gasteiger partial charge in [0.2, 0.25) is 5.91 Å². The van der Waals surface area contributed by atoms with Crippen LogP contribution in [0, 0.1) is 11.7 Å². The van der Waals surface area contributed by atoms with Gasteiger partial charge in [-0.2, -0.15) is 0 Å². The minimum atomic E-state index is -1.01. The second kappa shape index (κ2) is 6.87. The summed E-state index contributed by atoms with van der Waals surface area (Å²) in [5, 5.41) is 10.6. The third-order valence-electron chi connectivity index (χ3n) is 4.94. The van der Waals surface area contributed by atoms with Crippen LogP contribution in [0.1, 0.15) is 38.5 Å². The van der Waals surface area contributed by atoms with Gasteiger partial charge in [-0.25, -0.2) is 4.39 Å². The molecule has 3 rings (SSSR count). The number of carbonyl (C=O) groups is 1. The van der Waals surface area contributed by atoms with Gasteiger partial charge in [0.1, 0.15) is 23.8 Å². The van der Waals surface area contributed by atoms with E-state index in [1.807, 2.05) is 0 Å². The van der Waals surface area contributed by atoms with Crippen molar-refractivity contribution >= 4 is 5.91 Å². The second-order valence-corrected chi connectivity index (χ2v) is 6.89. The first-order valence-corrected chi connectivity index (χ1v) is 8.43. The Hall–Kier alpha value is -1.62. The molecule has 1 heterocycles. The summed E-state index contributed by atoms with van der Waals surface area (Å²) >= 11 is 0. The molecule has 2 fully saturated rings. The van der Waals surface area contributed by atoms with E-state index in [9.17, 15) is 14.3 Å². The SMILES string of the molecule is O=C(CC1CCCC1)N1CCC(O)(COc2ccc(F)cc2)C1. The minimum absolute atomic E-state index is 0.117. The number of β-amino-alcohol motifs (C(OH)–C–C–N with tert-alkyl or cyclic N) is 1. The van der Waals surface area contributed by atoms with E-state index in [1.165, 1.54) is 37.1 Å². The molecule has 1 atom stereocenters. The fourth-order valence-corrected chi connectivity index (χ4v) is 3.53. The molecule has 0 spiro atoms. The largest absolute Gasteiger partial charge is 0.491 e. The van der Waals surface area contributed by atoms with Crippen LogP contribution in [0.4, 0.5) is 4.39 Å². The number of benzene rings is 1. The molecule has 5 heteroatoms. The second-order valence-electron chi connectivity index (χ2n) is 6.89. The van der Waals surface area contributed by atoms with E-state index < -0.39 is 5.60 Å². The summed E-state index contributed by atoms with van der Waals surface area (Å²) < 4.78 is 18.4. The topological polar surface area (TPSA) is 49.8 Å². The maximum atomic E-state index is 12.9. The highest BCUT2D eigenvalue weighted by Gasteiger charge is 2.39. The molecule has 1 aromatic carbocycles. The molecule has 1 saturated carbocycles. The lowest BCUT2D eigenvalue weighted by molar-refractivity contribution is -0.132. The Morgan fingerprint density at radius 1 is 1.30 bits per heavy atom. The van der Waals surface area contributed by atoms with E-state index in [1.54, 1.807) is 4.90 Å². The molecular formula is C18H24FNO3. The number of hydrogen-bond donors (Lipinski definition) is 1. The van der Waals surface area contributed by atoms with Crippen LogP contribution in [-0.2, 0) is 4.79 Å². The molecule has 1 amide bonds. The molecule has 0 aromatic heterocycles. The van der Waals surface area contributed by atoms with Crippen LogP contribution in [0.15, 0.2) is 24.3 Å². The Bertz CT molecular complexity index is 542. The number of rotatable bonds is 5. The summed E-state index contributed by atoms with van der Waals surface area (Å²) in [4.78, 5) is 14.1. The number of amides is 1. The van der Waals surface area contributed by atoms with Crippen molar-refractivity contribution in [2.75, 3.05) is 19.7 Å². The van der Waals surface area contributed by atoms with Gasteiger partial charge < -0.3 is 14.7 Å². The van der Waals surface area contributed by atoms with Gasteiger partial charge in [-0.1, -0.05) is 12.8 Å². The first-order chi connectivity index (χ1) is 11.0. The summed E-state index contributed by atoms with van der Waals surface area (Å²) in [5.41, 5.74) is -1.01. The molecule has 2 aliphatic rings. The van der Waals surface area contributed by atoms with Crippen molar-refractivity contribution < 1.29 is 19.0 Å². The molecule has 1 aliphatic carbocycles. The molecule has 1 saturated heterocycles. The van der Waals surface area contributed by atoms with E-state index in [4.69, 9.17) is 4.74 Å². The fourth-order valence-electron chi connectivity index (χ4n) is 3.53. The molecule has 1 aromatic rings. The van der Waals surface area contributed by atoms with Gasteiger partial charge in [0.05, 0.1) is 6.54 Å². The highest BCUT2D eigenvalue weighted by Crippen LogP contribution is 2.30. The monoisotopic (exact) mass is 321 g/mol. The Balaban J connectivity index is 1.48. The lowest BCUT2D eigenvalue weighted by Gasteiger charge is -2.24. The zero-order chi connectivity index (χ0) is 16.3. The smallest absolute Gasteiger partial charge is 0.222 e. The molecule has 0 radical (unpaired) electrons. The van der Waals surface area contributed by atoms with E-state index in [0.717, 1.165) is 12.8 Å². The Morgan fingerprint density at radius 2 is 2.00 bits per heavy atom. The van der Waals surface area contributed by atoms with Crippen molar-refractivity contribution in [3.8, 4) is 5.75 Å². The molecule has 1 unspecified atom stereocenters. The summed E-state index contributed by atoms with van der Waals surface area (Å²) in [5.74, 6) is 0.873. The Kier molecular flexibility index (Phi) is 4.85. The Labute approximate surface area is 136 Å². The van der Waals surface area contributed by atoms with Gasteiger partial charge in [-0.3, -0.25) is 4.79 Å². The summed E-state index contributed by atoms with van der Waals surface area (Å²) in [6, 6.07) is 5.73. The van der Waals surface area contributed by atoms with Crippen molar-refractivity contribution in [2.24, 2.45) is 5.92 Å². The first kappa shape index (κ1) is 16.2. The van der Waals surface area contributed by atoms with Gasteiger partial charge in [-0.15, -0.1) is 0 Å². The molecule has 126 valence electrons. The quantitative estimate of drug-likeness (QED) is 0.907. The average molecular weight is 321 g/mol. The van der Waals surface area contributed by atoms with Crippen LogP contribution in [0.2, 0.25) is 0 Å². The number of nitrogens with zero attached hydrogens (tertiary/aromatic N) is 1. The van der Waals surface area contributed by atoms with Crippen molar-refractivity contribution in [3.05, 3.63) is 30.1 Å². The van der Waals surface area contributed by atoms with E-state index in [0.29, 0.717) is 37.6 Å². The van der Waals surface area contributed by atoms with Crippen LogP contribution < -0.4 is 4.74 Å².